The summed E-state index contributed by atoms with van der Waals surface area (Å²) in [6.45, 7) is 2.07. The van der Waals surface area contributed by atoms with Crippen molar-refractivity contribution in [1.29, 1.82) is 0 Å². The molecule has 21 heavy (non-hydrogen) atoms. The highest BCUT2D eigenvalue weighted by atomic mass is 32.1. The van der Waals surface area contributed by atoms with Crippen LogP contribution in [0.25, 0.3) is 0 Å². The van der Waals surface area contributed by atoms with Crippen molar-refractivity contribution in [3.63, 3.8) is 0 Å². The number of carbonyl (C=O) groups excluding carboxylic acids is 1. The van der Waals surface area contributed by atoms with Gasteiger partial charge in [0, 0.05) is 10.4 Å². The summed E-state index contributed by atoms with van der Waals surface area (Å²) in [4.78, 5) is 24.4. The molecule has 2 aromatic rings. The van der Waals surface area contributed by atoms with E-state index in [9.17, 15) is 9.59 Å². The molecule has 0 aliphatic rings. The first kappa shape index (κ1) is 15.3. The van der Waals surface area contributed by atoms with E-state index in [-0.39, 0.29) is 17.5 Å². The van der Waals surface area contributed by atoms with Crippen LogP contribution < -0.4 is 5.32 Å². The second kappa shape index (κ2) is 7.04. The summed E-state index contributed by atoms with van der Waals surface area (Å²) < 4.78 is 0. The molecule has 0 radical (unpaired) electrons. The third-order valence-corrected chi connectivity index (χ3v) is 4.13. The Balaban J connectivity index is 2.15. The zero-order valence-corrected chi connectivity index (χ0v) is 12.5. The molecule has 1 aromatic carbocycles. The molecule has 2 N–H and O–H groups in total. The van der Waals surface area contributed by atoms with Crippen molar-refractivity contribution in [3.8, 4) is 0 Å². The molecule has 1 amide bonds. The molecular weight excluding hydrogens is 286 g/mol. The number of hydrogen-bond donors (Lipinski definition) is 2. The Morgan fingerprint density at radius 1 is 1.24 bits per heavy atom. The van der Waals surface area contributed by atoms with E-state index >= 15 is 0 Å². The van der Waals surface area contributed by atoms with Gasteiger partial charge >= 0.3 is 5.97 Å². The Morgan fingerprint density at radius 2 is 2.00 bits per heavy atom. The van der Waals surface area contributed by atoms with Gasteiger partial charge in [-0.05, 0) is 36.1 Å². The van der Waals surface area contributed by atoms with E-state index in [1.54, 1.807) is 23.5 Å². The van der Waals surface area contributed by atoms with Crippen molar-refractivity contribution in [2.45, 2.75) is 25.8 Å². The molecule has 0 fully saturated rings. The lowest BCUT2D eigenvalue weighted by atomic mass is 10.1. The summed E-state index contributed by atoms with van der Waals surface area (Å²) >= 11 is 1.61. The van der Waals surface area contributed by atoms with E-state index in [0.29, 0.717) is 5.56 Å². The van der Waals surface area contributed by atoms with Gasteiger partial charge in [0.05, 0.1) is 11.6 Å². The molecule has 0 saturated carbocycles. The topological polar surface area (TPSA) is 66.4 Å². The van der Waals surface area contributed by atoms with E-state index in [2.05, 4.69) is 12.2 Å². The third-order valence-electron chi connectivity index (χ3n) is 3.14. The van der Waals surface area contributed by atoms with Gasteiger partial charge in [-0.3, -0.25) is 4.79 Å². The predicted molar refractivity (Wildman–Crippen MR) is 82.8 cm³/mol. The minimum Gasteiger partial charge on any atom is -0.478 e. The van der Waals surface area contributed by atoms with Crippen molar-refractivity contribution in [3.05, 3.63) is 57.8 Å². The minimum atomic E-state index is -1.03. The summed E-state index contributed by atoms with van der Waals surface area (Å²) in [5.41, 5.74) is 0.485. The van der Waals surface area contributed by atoms with Gasteiger partial charge in [-0.15, -0.1) is 11.3 Å². The smallest absolute Gasteiger partial charge is 0.335 e. The van der Waals surface area contributed by atoms with Crippen LogP contribution in [0.15, 0.2) is 41.8 Å². The van der Waals surface area contributed by atoms with Gasteiger partial charge in [0.15, 0.2) is 0 Å². The van der Waals surface area contributed by atoms with E-state index < -0.39 is 5.97 Å². The van der Waals surface area contributed by atoms with Crippen LogP contribution >= 0.6 is 11.3 Å². The number of hydrogen-bond acceptors (Lipinski definition) is 3. The van der Waals surface area contributed by atoms with Gasteiger partial charge in [-0.25, -0.2) is 4.79 Å². The van der Waals surface area contributed by atoms with Crippen molar-refractivity contribution in [1.82, 2.24) is 5.32 Å². The second-order valence-electron chi connectivity index (χ2n) is 4.72. The summed E-state index contributed by atoms with van der Waals surface area (Å²) in [6, 6.07) is 10.0. The molecule has 110 valence electrons. The maximum absolute atomic E-state index is 12.3. The Bertz CT molecular complexity index is 622. The second-order valence-corrected chi connectivity index (χ2v) is 5.70. The molecule has 2 rings (SSSR count). The summed E-state index contributed by atoms with van der Waals surface area (Å²) in [6.07, 6.45) is 1.81. The first-order valence-corrected chi connectivity index (χ1v) is 7.67. The molecule has 1 unspecified atom stereocenters. The third kappa shape index (κ3) is 3.92. The first-order valence-electron chi connectivity index (χ1n) is 6.79. The lowest BCUT2D eigenvalue weighted by Gasteiger charge is -2.17. The molecule has 0 bridgehead atoms. The molecule has 5 heteroatoms. The minimum absolute atomic E-state index is 0.0315. The van der Waals surface area contributed by atoms with Crippen LogP contribution in [-0.2, 0) is 0 Å². The molecule has 1 aromatic heterocycles. The van der Waals surface area contributed by atoms with E-state index in [1.165, 1.54) is 12.1 Å². The maximum Gasteiger partial charge on any atom is 0.335 e. The van der Waals surface area contributed by atoms with Gasteiger partial charge in [-0.2, -0.15) is 0 Å². The van der Waals surface area contributed by atoms with Crippen LogP contribution in [0.3, 0.4) is 0 Å². The molecule has 0 spiro atoms. The fraction of sp³-hybridized carbons (Fsp3) is 0.250. The first-order chi connectivity index (χ1) is 10.1. The van der Waals surface area contributed by atoms with Crippen LogP contribution in [0, 0.1) is 0 Å². The SMILES string of the molecule is CCCC(NC(=O)c1cccc(C(=O)O)c1)c1cccs1. The standard InChI is InChI=1S/C16H17NO3S/c1-2-5-13(14-8-4-9-21-14)17-15(18)11-6-3-7-12(10-11)16(19)20/h3-4,6-10,13H,2,5H2,1H3,(H,17,18)(H,19,20). The summed E-state index contributed by atoms with van der Waals surface area (Å²) in [5.74, 6) is -1.28. The lowest BCUT2D eigenvalue weighted by molar-refractivity contribution is 0.0697. The molecule has 0 aliphatic carbocycles. The number of nitrogens with one attached hydrogen (secondary N) is 1. The lowest BCUT2D eigenvalue weighted by Crippen LogP contribution is -2.28. The van der Waals surface area contributed by atoms with Crippen molar-refractivity contribution >= 4 is 23.2 Å². The Kier molecular flexibility index (Phi) is 5.11. The Labute approximate surface area is 127 Å². The van der Waals surface area contributed by atoms with Gasteiger partial charge in [0.1, 0.15) is 0 Å². The van der Waals surface area contributed by atoms with Gasteiger partial charge in [0.25, 0.3) is 5.91 Å². The van der Waals surface area contributed by atoms with Crippen LogP contribution in [0.2, 0.25) is 0 Å². The van der Waals surface area contributed by atoms with Crippen LogP contribution in [-0.4, -0.2) is 17.0 Å². The Morgan fingerprint density at radius 3 is 2.62 bits per heavy atom. The van der Waals surface area contributed by atoms with Crippen molar-refractivity contribution in [2.24, 2.45) is 0 Å². The van der Waals surface area contributed by atoms with Crippen molar-refractivity contribution < 1.29 is 14.7 Å². The molecule has 4 nitrogen and oxygen atoms in total. The highest BCUT2D eigenvalue weighted by molar-refractivity contribution is 7.10. The van der Waals surface area contributed by atoms with Gasteiger partial charge < -0.3 is 10.4 Å². The number of thiophene rings is 1. The highest BCUT2D eigenvalue weighted by Gasteiger charge is 2.16. The van der Waals surface area contributed by atoms with Gasteiger partial charge in [-0.1, -0.05) is 25.5 Å². The zero-order valence-electron chi connectivity index (χ0n) is 11.7. The van der Waals surface area contributed by atoms with Crippen LogP contribution in [0.4, 0.5) is 0 Å². The molecule has 0 aliphatic heterocycles. The number of carbonyl (C=O) groups is 2. The predicted octanol–water partition coefficient (Wildman–Crippen LogP) is 3.72. The van der Waals surface area contributed by atoms with E-state index in [0.717, 1.165) is 17.7 Å². The van der Waals surface area contributed by atoms with Crippen LogP contribution in [0.1, 0.15) is 51.4 Å². The van der Waals surface area contributed by atoms with Crippen molar-refractivity contribution in [2.75, 3.05) is 0 Å². The number of benzene rings is 1. The quantitative estimate of drug-likeness (QED) is 0.854. The molecule has 0 saturated heterocycles. The number of rotatable bonds is 6. The Hall–Kier alpha value is -2.14. The van der Waals surface area contributed by atoms with E-state index in [1.807, 2.05) is 17.5 Å². The molecular formula is C16H17NO3S. The zero-order chi connectivity index (χ0) is 15.2. The summed E-state index contributed by atoms with van der Waals surface area (Å²) in [7, 11) is 0. The summed E-state index contributed by atoms with van der Waals surface area (Å²) in [5, 5.41) is 13.9. The monoisotopic (exact) mass is 303 g/mol. The largest absolute Gasteiger partial charge is 0.478 e. The number of carboxylic acid groups (broad SMARTS) is 1. The number of aromatic carboxylic acids is 1. The average molecular weight is 303 g/mol. The highest BCUT2D eigenvalue weighted by Crippen LogP contribution is 2.23. The normalized spacial score (nSPS) is 11.9. The fourth-order valence-corrected chi connectivity index (χ4v) is 2.91. The van der Waals surface area contributed by atoms with Gasteiger partial charge in [0.2, 0.25) is 0 Å². The number of carboxylic acids is 1. The maximum atomic E-state index is 12.3. The van der Waals surface area contributed by atoms with Crippen LogP contribution in [0.5, 0.6) is 0 Å². The number of amides is 1. The average Bonchev–Trinajstić information content (AvgIpc) is 3.01. The molecule has 1 atom stereocenters. The molecule has 1 heterocycles. The fourth-order valence-electron chi connectivity index (χ4n) is 2.10. The van der Waals surface area contributed by atoms with E-state index in [4.69, 9.17) is 5.11 Å².